The molecule has 0 amide bonds. The zero-order chi connectivity index (χ0) is 16.9. The molecule has 1 fully saturated rings. The van der Waals surface area contributed by atoms with Gasteiger partial charge >= 0.3 is 5.97 Å². The standard InChI is InChI=1S/C19H21NO4/c1-20-18(14-6-4-3-5-7-14)12-17(24-20)13-23-19(21)15-8-10-16(22-2)11-9-15/h3-11,17-18H,12-13H2,1-2H3/t17-,18-/m1/s1. The van der Waals surface area contributed by atoms with E-state index in [-0.39, 0.29) is 24.7 Å². The summed E-state index contributed by atoms with van der Waals surface area (Å²) in [5.41, 5.74) is 1.70. The van der Waals surface area contributed by atoms with Gasteiger partial charge in [0.15, 0.2) is 0 Å². The number of carbonyl (C=O) groups is 1. The van der Waals surface area contributed by atoms with Gasteiger partial charge in [-0.05, 0) is 29.8 Å². The maximum absolute atomic E-state index is 12.1. The van der Waals surface area contributed by atoms with Crippen LogP contribution >= 0.6 is 0 Å². The third-order valence-electron chi connectivity index (χ3n) is 4.15. The molecule has 1 heterocycles. The quantitative estimate of drug-likeness (QED) is 0.789. The van der Waals surface area contributed by atoms with Crippen LogP contribution in [0.15, 0.2) is 54.6 Å². The van der Waals surface area contributed by atoms with Gasteiger partial charge in [-0.15, -0.1) is 0 Å². The van der Waals surface area contributed by atoms with Gasteiger partial charge in [0.1, 0.15) is 18.5 Å². The summed E-state index contributed by atoms with van der Waals surface area (Å²) < 4.78 is 10.5. The fourth-order valence-corrected chi connectivity index (χ4v) is 2.85. The number of hydrogen-bond acceptors (Lipinski definition) is 5. The Hall–Kier alpha value is -2.37. The van der Waals surface area contributed by atoms with E-state index in [1.165, 1.54) is 5.56 Å². The Morgan fingerprint density at radius 2 is 1.88 bits per heavy atom. The van der Waals surface area contributed by atoms with E-state index in [4.69, 9.17) is 14.3 Å². The summed E-state index contributed by atoms with van der Waals surface area (Å²) in [6.45, 7) is 0.235. The number of nitrogens with zero attached hydrogens (tertiary/aromatic N) is 1. The highest BCUT2D eigenvalue weighted by molar-refractivity contribution is 5.89. The lowest BCUT2D eigenvalue weighted by molar-refractivity contribution is -0.153. The van der Waals surface area contributed by atoms with E-state index in [0.717, 1.165) is 6.42 Å². The first-order valence-corrected chi connectivity index (χ1v) is 7.93. The minimum absolute atomic E-state index is 0.137. The molecule has 0 saturated carbocycles. The highest BCUT2D eigenvalue weighted by atomic mass is 16.7. The van der Waals surface area contributed by atoms with Crippen molar-refractivity contribution in [2.45, 2.75) is 18.6 Å². The summed E-state index contributed by atoms with van der Waals surface area (Å²) in [5, 5.41) is 1.83. The van der Waals surface area contributed by atoms with Crippen LogP contribution in [-0.2, 0) is 9.57 Å². The van der Waals surface area contributed by atoms with Crippen LogP contribution in [0.2, 0.25) is 0 Å². The highest BCUT2D eigenvalue weighted by Gasteiger charge is 2.32. The molecular formula is C19H21NO4. The average Bonchev–Trinajstić information content (AvgIpc) is 3.01. The summed E-state index contributed by atoms with van der Waals surface area (Å²) >= 11 is 0. The van der Waals surface area contributed by atoms with Crippen molar-refractivity contribution in [2.75, 3.05) is 20.8 Å². The lowest BCUT2D eigenvalue weighted by atomic mass is 10.0. The van der Waals surface area contributed by atoms with Crippen LogP contribution in [0, 0.1) is 0 Å². The maximum Gasteiger partial charge on any atom is 0.338 e. The third kappa shape index (κ3) is 3.75. The number of carbonyl (C=O) groups excluding carboxylic acids is 1. The number of rotatable bonds is 5. The maximum atomic E-state index is 12.1. The fraction of sp³-hybridized carbons (Fsp3) is 0.316. The summed E-state index contributed by atoms with van der Waals surface area (Å²) in [6.07, 6.45) is 0.651. The molecule has 1 saturated heterocycles. The van der Waals surface area contributed by atoms with Crippen LogP contribution in [-0.4, -0.2) is 37.9 Å². The van der Waals surface area contributed by atoms with Crippen LogP contribution in [0.3, 0.4) is 0 Å². The van der Waals surface area contributed by atoms with Crippen molar-refractivity contribution in [2.24, 2.45) is 0 Å². The van der Waals surface area contributed by atoms with Crippen molar-refractivity contribution in [1.29, 1.82) is 0 Å². The summed E-state index contributed by atoms with van der Waals surface area (Å²) in [4.78, 5) is 17.9. The highest BCUT2D eigenvalue weighted by Crippen LogP contribution is 2.32. The van der Waals surface area contributed by atoms with E-state index in [2.05, 4.69) is 12.1 Å². The van der Waals surface area contributed by atoms with Crippen LogP contribution < -0.4 is 4.74 Å². The fourth-order valence-electron chi connectivity index (χ4n) is 2.85. The topological polar surface area (TPSA) is 48.0 Å². The van der Waals surface area contributed by atoms with E-state index in [9.17, 15) is 4.79 Å². The molecule has 0 bridgehead atoms. The smallest absolute Gasteiger partial charge is 0.338 e. The van der Waals surface area contributed by atoms with Crippen LogP contribution in [0.5, 0.6) is 5.75 Å². The average molecular weight is 327 g/mol. The molecule has 2 aromatic carbocycles. The van der Waals surface area contributed by atoms with Crippen molar-refractivity contribution in [3.05, 3.63) is 65.7 Å². The number of benzene rings is 2. The molecule has 1 aliphatic rings. The molecule has 2 atom stereocenters. The molecule has 0 aliphatic carbocycles. The summed E-state index contributed by atoms with van der Waals surface area (Å²) in [7, 11) is 3.49. The molecule has 1 aliphatic heterocycles. The molecule has 0 unspecified atom stereocenters. The Bertz CT molecular complexity index is 672. The van der Waals surface area contributed by atoms with Crippen molar-refractivity contribution in [1.82, 2.24) is 5.06 Å². The molecule has 0 radical (unpaired) electrons. The Balaban J connectivity index is 1.54. The summed E-state index contributed by atoms with van der Waals surface area (Å²) in [6, 6.07) is 17.2. The number of methoxy groups -OCH3 is 1. The first kappa shape index (κ1) is 16.5. The van der Waals surface area contributed by atoms with Gasteiger partial charge < -0.3 is 9.47 Å². The lowest BCUT2D eigenvalue weighted by Gasteiger charge is -2.17. The SMILES string of the molecule is COc1ccc(C(=O)OC[C@H]2C[C@H](c3ccccc3)N(C)O2)cc1. The summed E-state index contributed by atoms with van der Waals surface area (Å²) in [5.74, 6) is 0.352. The van der Waals surface area contributed by atoms with Crippen LogP contribution in [0.25, 0.3) is 0 Å². The zero-order valence-electron chi connectivity index (χ0n) is 13.8. The molecule has 24 heavy (non-hydrogen) atoms. The van der Waals surface area contributed by atoms with Gasteiger partial charge in [0, 0.05) is 13.5 Å². The molecule has 3 rings (SSSR count). The number of hydroxylamine groups is 2. The molecule has 5 nitrogen and oxygen atoms in total. The van der Waals surface area contributed by atoms with E-state index in [1.807, 2.05) is 30.3 Å². The number of esters is 1. The van der Waals surface area contributed by atoms with E-state index >= 15 is 0 Å². The van der Waals surface area contributed by atoms with Crippen molar-refractivity contribution < 1.29 is 19.1 Å². The minimum atomic E-state index is -0.355. The van der Waals surface area contributed by atoms with Gasteiger partial charge in [0.2, 0.25) is 0 Å². The van der Waals surface area contributed by atoms with Crippen molar-refractivity contribution in [3.8, 4) is 5.75 Å². The van der Waals surface area contributed by atoms with Crippen molar-refractivity contribution in [3.63, 3.8) is 0 Å². The number of ether oxygens (including phenoxy) is 2. The molecular weight excluding hydrogens is 306 g/mol. The molecule has 0 spiro atoms. The monoisotopic (exact) mass is 327 g/mol. The Kier molecular flexibility index (Phi) is 5.13. The molecule has 2 aromatic rings. The van der Waals surface area contributed by atoms with Crippen LogP contribution in [0.4, 0.5) is 0 Å². The van der Waals surface area contributed by atoms with E-state index < -0.39 is 0 Å². The Morgan fingerprint density at radius 3 is 2.54 bits per heavy atom. The first-order valence-electron chi connectivity index (χ1n) is 7.93. The second-order valence-corrected chi connectivity index (χ2v) is 5.76. The van der Waals surface area contributed by atoms with E-state index in [0.29, 0.717) is 11.3 Å². The third-order valence-corrected chi connectivity index (χ3v) is 4.15. The Morgan fingerprint density at radius 1 is 1.17 bits per heavy atom. The largest absolute Gasteiger partial charge is 0.497 e. The Labute approximate surface area is 141 Å². The van der Waals surface area contributed by atoms with Gasteiger partial charge in [-0.3, -0.25) is 4.84 Å². The number of hydrogen-bond donors (Lipinski definition) is 0. The van der Waals surface area contributed by atoms with Crippen LogP contribution in [0.1, 0.15) is 28.4 Å². The predicted molar refractivity (Wildman–Crippen MR) is 89.7 cm³/mol. The second-order valence-electron chi connectivity index (χ2n) is 5.76. The van der Waals surface area contributed by atoms with Gasteiger partial charge in [-0.2, -0.15) is 5.06 Å². The van der Waals surface area contributed by atoms with Gasteiger partial charge in [-0.25, -0.2) is 4.79 Å². The van der Waals surface area contributed by atoms with E-state index in [1.54, 1.807) is 31.4 Å². The zero-order valence-corrected chi connectivity index (χ0v) is 13.8. The molecule has 0 aromatic heterocycles. The van der Waals surface area contributed by atoms with Gasteiger partial charge in [0.05, 0.1) is 18.7 Å². The van der Waals surface area contributed by atoms with Gasteiger partial charge in [0.25, 0.3) is 0 Å². The second kappa shape index (κ2) is 7.47. The first-order chi connectivity index (χ1) is 11.7. The normalized spacial score (nSPS) is 20.8. The van der Waals surface area contributed by atoms with Gasteiger partial charge in [-0.1, -0.05) is 30.3 Å². The predicted octanol–water partition coefficient (Wildman–Crippen LogP) is 3.23. The lowest BCUT2D eigenvalue weighted by Crippen LogP contribution is -2.20. The van der Waals surface area contributed by atoms with Crippen molar-refractivity contribution >= 4 is 5.97 Å². The molecule has 0 N–H and O–H groups in total. The minimum Gasteiger partial charge on any atom is -0.497 e. The molecule has 5 heteroatoms. The molecule has 126 valence electrons.